The van der Waals surface area contributed by atoms with E-state index in [4.69, 9.17) is 4.74 Å². The zero-order chi connectivity index (χ0) is 25.6. The number of fused-ring (bicyclic) bond motifs is 1. The van der Waals surface area contributed by atoms with E-state index in [2.05, 4.69) is 27.2 Å². The Bertz CT molecular complexity index is 1500. The predicted octanol–water partition coefficient (Wildman–Crippen LogP) is 6.07. The van der Waals surface area contributed by atoms with Crippen LogP contribution in [-0.4, -0.2) is 34.1 Å². The first kappa shape index (κ1) is 24.1. The minimum Gasteiger partial charge on any atom is -0.489 e. The van der Waals surface area contributed by atoms with Crippen molar-refractivity contribution in [3.05, 3.63) is 109 Å². The Kier molecular flexibility index (Phi) is 7.12. The number of amides is 1. The first-order valence-electron chi connectivity index (χ1n) is 12.4. The first-order chi connectivity index (χ1) is 18.1. The molecule has 5 rings (SSSR count). The van der Waals surface area contributed by atoms with Crippen molar-refractivity contribution in [1.29, 1.82) is 0 Å². The van der Waals surface area contributed by atoms with Gasteiger partial charge in [-0.25, -0.2) is 9.50 Å². The van der Waals surface area contributed by atoms with Crippen LogP contribution < -0.4 is 15.0 Å². The van der Waals surface area contributed by atoms with Crippen LogP contribution in [0.1, 0.15) is 29.4 Å². The predicted molar refractivity (Wildman–Crippen MR) is 147 cm³/mol. The van der Waals surface area contributed by atoms with Gasteiger partial charge in [0.25, 0.3) is 5.91 Å². The van der Waals surface area contributed by atoms with Crippen LogP contribution in [0.5, 0.6) is 5.75 Å². The molecule has 2 heterocycles. The number of nitrogens with zero attached hydrogens (tertiary/aromatic N) is 4. The lowest BCUT2D eigenvalue weighted by atomic mass is 10.1. The van der Waals surface area contributed by atoms with Crippen molar-refractivity contribution in [3.8, 4) is 16.9 Å². The van der Waals surface area contributed by atoms with Gasteiger partial charge in [-0.15, -0.1) is 0 Å². The normalized spacial score (nSPS) is 10.9. The van der Waals surface area contributed by atoms with Gasteiger partial charge in [-0.05, 0) is 47.9 Å². The average molecular weight is 492 g/mol. The van der Waals surface area contributed by atoms with Crippen LogP contribution >= 0.6 is 0 Å². The fourth-order valence-corrected chi connectivity index (χ4v) is 4.23. The molecule has 0 atom stereocenters. The van der Waals surface area contributed by atoms with Gasteiger partial charge in [-0.1, -0.05) is 61.5 Å². The molecule has 7 nitrogen and oxygen atoms in total. The van der Waals surface area contributed by atoms with Gasteiger partial charge in [0.1, 0.15) is 18.1 Å². The largest absolute Gasteiger partial charge is 0.489 e. The highest BCUT2D eigenvalue weighted by Gasteiger charge is 2.15. The molecule has 3 aromatic carbocycles. The summed E-state index contributed by atoms with van der Waals surface area (Å²) in [5, 5.41) is 7.45. The van der Waals surface area contributed by atoms with Crippen molar-refractivity contribution in [2.24, 2.45) is 0 Å². The Morgan fingerprint density at radius 3 is 2.51 bits per heavy atom. The van der Waals surface area contributed by atoms with E-state index >= 15 is 0 Å². The molecule has 1 N–H and O–H groups in total. The van der Waals surface area contributed by atoms with Crippen LogP contribution in [0.3, 0.4) is 0 Å². The lowest BCUT2D eigenvalue weighted by Gasteiger charge is -2.21. The minimum absolute atomic E-state index is 0.267. The molecular weight excluding hydrogens is 462 g/mol. The zero-order valence-electron chi connectivity index (χ0n) is 21.0. The molecule has 0 saturated carbocycles. The van der Waals surface area contributed by atoms with Gasteiger partial charge in [-0.3, -0.25) is 4.79 Å². The molecular formula is C30H29N5O2. The van der Waals surface area contributed by atoms with E-state index in [0.717, 1.165) is 46.8 Å². The number of para-hydroxylation sites is 2. The standard InChI is InChI=1S/C30H29N5O2/c1-3-18-34(2)28-12-8-7-11-26(28)33-30(36)27-17-19-35-29(32-27)25(20-31-35)23-13-15-24(16-14-23)37-21-22-9-5-4-6-10-22/h4-17,19-20H,3,18,21H2,1-2H3,(H,33,36). The highest BCUT2D eigenvalue weighted by atomic mass is 16.5. The van der Waals surface area contributed by atoms with Gasteiger partial charge in [0.2, 0.25) is 0 Å². The van der Waals surface area contributed by atoms with E-state index in [1.165, 1.54) is 0 Å². The van der Waals surface area contributed by atoms with Crippen molar-refractivity contribution in [1.82, 2.24) is 14.6 Å². The number of carbonyl (C=O) groups is 1. The lowest BCUT2D eigenvalue weighted by Crippen LogP contribution is -2.21. The van der Waals surface area contributed by atoms with Gasteiger partial charge in [0.15, 0.2) is 5.65 Å². The maximum absolute atomic E-state index is 13.2. The molecule has 37 heavy (non-hydrogen) atoms. The lowest BCUT2D eigenvalue weighted by molar-refractivity contribution is 0.102. The molecule has 0 saturated heterocycles. The van der Waals surface area contributed by atoms with Crippen LogP contribution in [0, 0.1) is 0 Å². The van der Waals surface area contributed by atoms with E-state index in [1.807, 2.05) is 85.9 Å². The quantitative estimate of drug-likeness (QED) is 0.271. The van der Waals surface area contributed by atoms with Crippen LogP contribution in [0.2, 0.25) is 0 Å². The second-order valence-electron chi connectivity index (χ2n) is 8.83. The second kappa shape index (κ2) is 11.0. The fraction of sp³-hybridized carbons (Fsp3) is 0.167. The summed E-state index contributed by atoms with van der Waals surface area (Å²) >= 11 is 0. The summed E-state index contributed by atoms with van der Waals surface area (Å²) in [6, 6.07) is 27.4. The Balaban J connectivity index is 1.35. The number of aromatic nitrogens is 3. The van der Waals surface area contributed by atoms with E-state index in [1.54, 1.807) is 23.0 Å². The summed E-state index contributed by atoms with van der Waals surface area (Å²) in [6.45, 7) is 3.53. The van der Waals surface area contributed by atoms with E-state index in [9.17, 15) is 4.79 Å². The van der Waals surface area contributed by atoms with Crippen molar-refractivity contribution >= 4 is 22.9 Å². The Morgan fingerprint density at radius 1 is 0.973 bits per heavy atom. The molecule has 0 aliphatic heterocycles. The highest BCUT2D eigenvalue weighted by Crippen LogP contribution is 2.27. The van der Waals surface area contributed by atoms with E-state index in [-0.39, 0.29) is 5.91 Å². The number of anilines is 2. The minimum atomic E-state index is -0.267. The number of carbonyl (C=O) groups excluding carboxylic acids is 1. The molecule has 0 aliphatic rings. The van der Waals surface area contributed by atoms with E-state index < -0.39 is 0 Å². The Hall–Kier alpha value is -4.65. The van der Waals surface area contributed by atoms with Gasteiger partial charge >= 0.3 is 0 Å². The molecule has 0 unspecified atom stereocenters. The molecule has 0 aliphatic carbocycles. The van der Waals surface area contributed by atoms with Gasteiger partial charge < -0.3 is 15.0 Å². The maximum atomic E-state index is 13.2. The summed E-state index contributed by atoms with van der Waals surface area (Å²) in [5.74, 6) is 0.514. The summed E-state index contributed by atoms with van der Waals surface area (Å²) < 4.78 is 7.58. The summed E-state index contributed by atoms with van der Waals surface area (Å²) in [7, 11) is 2.02. The van der Waals surface area contributed by atoms with Crippen molar-refractivity contribution < 1.29 is 9.53 Å². The SMILES string of the molecule is CCCN(C)c1ccccc1NC(=O)c1ccn2ncc(-c3ccc(OCc4ccccc4)cc3)c2n1. The molecule has 0 spiro atoms. The Morgan fingerprint density at radius 2 is 1.73 bits per heavy atom. The maximum Gasteiger partial charge on any atom is 0.274 e. The van der Waals surface area contributed by atoms with Crippen LogP contribution in [0.15, 0.2) is 97.3 Å². The second-order valence-corrected chi connectivity index (χ2v) is 8.83. The average Bonchev–Trinajstić information content (AvgIpc) is 3.36. The number of ether oxygens (including phenoxy) is 1. The van der Waals surface area contributed by atoms with Crippen LogP contribution in [0.25, 0.3) is 16.8 Å². The summed E-state index contributed by atoms with van der Waals surface area (Å²) in [6.07, 6.45) is 4.53. The molecule has 0 bridgehead atoms. The smallest absolute Gasteiger partial charge is 0.274 e. The molecule has 0 fully saturated rings. The van der Waals surface area contributed by atoms with Crippen LogP contribution in [-0.2, 0) is 6.61 Å². The number of hydrogen-bond acceptors (Lipinski definition) is 5. The summed E-state index contributed by atoms with van der Waals surface area (Å²) in [4.78, 5) is 19.9. The molecule has 7 heteroatoms. The third-order valence-corrected chi connectivity index (χ3v) is 6.14. The molecule has 186 valence electrons. The topological polar surface area (TPSA) is 71.8 Å². The highest BCUT2D eigenvalue weighted by molar-refractivity contribution is 6.05. The van der Waals surface area contributed by atoms with Crippen LogP contribution in [0.4, 0.5) is 11.4 Å². The molecule has 5 aromatic rings. The monoisotopic (exact) mass is 491 g/mol. The van der Waals surface area contributed by atoms with Crippen molar-refractivity contribution in [3.63, 3.8) is 0 Å². The molecule has 0 radical (unpaired) electrons. The van der Waals surface area contributed by atoms with Gasteiger partial charge in [-0.2, -0.15) is 5.10 Å². The number of rotatable bonds is 9. The number of benzene rings is 3. The third-order valence-electron chi connectivity index (χ3n) is 6.14. The van der Waals surface area contributed by atoms with E-state index in [0.29, 0.717) is 17.9 Å². The summed E-state index contributed by atoms with van der Waals surface area (Å²) in [5.41, 5.74) is 5.56. The number of hydrogen-bond donors (Lipinski definition) is 1. The first-order valence-corrected chi connectivity index (χ1v) is 12.4. The third kappa shape index (κ3) is 5.46. The zero-order valence-corrected chi connectivity index (χ0v) is 21.0. The fourth-order valence-electron chi connectivity index (χ4n) is 4.23. The number of nitrogens with one attached hydrogen (secondary N) is 1. The van der Waals surface area contributed by atoms with Gasteiger partial charge in [0.05, 0.1) is 17.6 Å². The Labute approximate surface area is 216 Å². The molecule has 2 aromatic heterocycles. The van der Waals surface area contributed by atoms with Crippen molar-refractivity contribution in [2.45, 2.75) is 20.0 Å². The van der Waals surface area contributed by atoms with Crippen molar-refractivity contribution in [2.75, 3.05) is 23.8 Å². The van der Waals surface area contributed by atoms with Gasteiger partial charge in [0, 0.05) is 25.4 Å². The molecule has 1 amide bonds.